The van der Waals surface area contributed by atoms with Crippen LogP contribution in [0.4, 0.5) is 5.00 Å². The van der Waals surface area contributed by atoms with Crippen LogP contribution in [0.1, 0.15) is 1.37 Å². The van der Waals surface area contributed by atoms with E-state index in [0.717, 1.165) is 17.5 Å². The molecule has 5 heteroatoms. The highest BCUT2D eigenvalue weighted by molar-refractivity contribution is 7.12. The summed E-state index contributed by atoms with van der Waals surface area (Å²) in [5.41, 5.74) is -0.0262. The van der Waals surface area contributed by atoms with Gasteiger partial charge in [-0.2, -0.15) is 0 Å². The normalized spacial score (nSPS) is 10.8. The predicted molar refractivity (Wildman–Crippen MR) is 28.8 cm³/mol. The standard InChI is InChI=1S/C3H2N2O2S/c6-5(7)3-1-4-2-8-3/h1-2H/i2D. The summed E-state index contributed by atoms with van der Waals surface area (Å²) >= 11 is 0.752. The van der Waals surface area contributed by atoms with Gasteiger partial charge in [0.2, 0.25) is 0 Å². The summed E-state index contributed by atoms with van der Waals surface area (Å²) in [6, 6.07) is 0. The Bertz CT molecular complexity index is 235. The molecule has 8 heavy (non-hydrogen) atoms. The fraction of sp³-hybridized carbons (Fsp3) is 0. The lowest BCUT2D eigenvalue weighted by atomic mass is 10.9. The smallest absolute Gasteiger partial charge is 0.257 e. The highest BCUT2D eigenvalue weighted by Crippen LogP contribution is 2.14. The Morgan fingerprint density at radius 2 is 2.88 bits per heavy atom. The van der Waals surface area contributed by atoms with E-state index in [-0.39, 0.29) is 10.5 Å². The molecule has 0 N–H and O–H groups in total. The zero-order valence-corrected chi connectivity index (χ0v) is 4.51. The van der Waals surface area contributed by atoms with Crippen molar-refractivity contribution < 1.29 is 6.29 Å². The van der Waals surface area contributed by atoms with Crippen molar-refractivity contribution >= 4 is 16.3 Å². The Hall–Kier alpha value is -0.970. The van der Waals surface area contributed by atoms with E-state index in [2.05, 4.69) is 4.98 Å². The molecule has 0 radical (unpaired) electrons. The van der Waals surface area contributed by atoms with Crippen LogP contribution in [-0.2, 0) is 0 Å². The SMILES string of the molecule is [2H]c1ncc([N+](=O)[O-])s1. The number of nitro groups is 1. The number of nitrogens with zero attached hydrogens (tertiary/aromatic N) is 2. The summed E-state index contributed by atoms with van der Waals surface area (Å²) in [6.07, 6.45) is 1.08. The van der Waals surface area contributed by atoms with Crippen molar-refractivity contribution in [3.8, 4) is 0 Å². The lowest BCUT2D eigenvalue weighted by Crippen LogP contribution is -1.80. The molecule has 0 aliphatic carbocycles. The third kappa shape index (κ3) is 0.812. The van der Waals surface area contributed by atoms with Crippen molar-refractivity contribution in [3.05, 3.63) is 21.8 Å². The fourth-order valence-electron chi connectivity index (χ4n) is 0.265. The van der Waals surface area contributed by atoms with E-state index in [0.29, 0.717) is 0 Å². The Morgan fingerprint density at radius 3 is 3.12 bits per heavy atom. The van der Waals surface area contributed by atoms with Crippen LogP contribution in [0.2, 0.25) is 0 Å². The molecule has 0 unspecified atom stereocenters. The van der Waals surface area contributed by atoms with E-state index in [1.807, 2.05) is 0 Å². The van der Waals surface area contributed by atoms with Gasteiger partial charge in [0.15, 0.2) is 0 Å². The van der Waals surface area contributed by atoms with Gasteiger partial charge in [-0.3, -0.25) is 10.1 Å². The molecule has 0 atom stereocenters. The predicted octanol–water partition coefficient (Wildman–Crippen LogP) is 1.05. The topological polar surface area (TPSA) is 56.0 Å². The summed E-state index contributed by atoms with van der Waals surface area (Å²) in [7, 11) is 0. The lowest BCUT2D eigenvalue weighted by molar-refractivity contribution is -0.380. The van der Waals surface area contributed by atoms with Gasteiger partial charge in [0.25, 0.3) is 0 Å². The number of hydrogen-bond donors (Lipinski definition) is 0. The van der Waals surface area contributed by atoms with Crippen molar-refractivity contribution in [2.75, 3.05) is 0 Å². The zero-order valence-electron chi connectivity index (χ0n) is 4.70. The molecule has 1 rings (SSSR count). The van der Waals surface area contributed by atoms with E-state index < -0.39 is 4.92 Å². The van der Waals surface area contributed by atoms with Crippen LogP contribution in [-0.4, -0.2) is 9.91 Å². The molecule has 0 aromatic carbocycles. The molecular weight excluding hydrogens is 128 g/mol. The number of thiazole rings is 1. The minimum Gasteiger partial charge on any atom is -0.257 e. The van der Waals surface area contributed by atoms with E-state index in [1.165, 1.54) is 0 Å². The second-order valence-corrected chi connectivity index (χ2v) is 1.85. The molecule has 0 bridgehead atoms. The summed E-state index contributed by atoms with van der Waals surface area (Å²) < 4.78 is 6.81. The largest absolute Gasteiger partial charge is 0.343 e. The molecule has 1 heterocycles. The average Bonchev–Trinajstić information content (AvgIpc) is 2.14. The first-order chi connectivity index (χ1) is 4.20. The number of aromatic nitrogens is 1. The summed E-state index contributed by atoms with van der Waals surface area (Å²) in [5.74, 6) is 0. The van der Waals surface area contributed by atoms with Gasteiger partial charge >= 0.3 is 5.00 Å². The molecule has 0 spiro atoms. The molecule has 0 saturated heterocycles. The van der Waals surface area contributed by atoms with Crippen molar-refractivity contribution in [3.63, 3.8) is 0 Å². The lowest BCUT2D eigenvalue weighted by Gasteiger charge is -1.75. The molecule has 0 fully saturated rings. The molecule has 1 aromatic rings. The Kier molecular flexibility index (Phi) is 0.927. The Labute approximate surface area is 50.3 Å². The molecule has 0 amide bonds. The van der Waals surface area contributed by atoms with Gasteiger partial charge in [-0.25, -0.2) is 4.98 Å². The van der Waals surface area contributed by atoms with Crippen LogP contribution < -0.4 is 0 Å². The molecular formula is C3H2N2O2S. The van der Waals surface area contributed by atoms with Gasteiger partial charge in [-0.1, -0.05) is 0 Å². The maximum atomic E-state index is 9.91. The molecule has 42 valence electrons. The average molecular weight is 131 g/mol. The van der Waals surface area contributed by atoms with Gasteiger partial charge in [0, 0.05) is 0 Å². The molecule has 1 aromatic heterocycles. The number of rotatable bonds is 1. The first-order valence-electron chi connectivity index (χ1n) is 2.27. The number of hydrogen-bond acceptors (Lipinski definition) is 4. The minimum atomic E-state index is -0.560. The van der Waals surface area contributed by atoms with Crippen molar-refractivity contribution in [2.45, 2.75) is 0 Å². The van der Waals surface area contributed by atoms with Crippen LogP contribution >= 0.6 is 11.3 Å². The quantitative estimate of drug-likeness (QED) is 0.422. The highest BCUT2D eigenvalue weighted by Gasteiger charge is 2.03. The monoisotopic (exact) mass is 131 g/mol. The highest BCUT2D eigenvalue weighted by atomic mass is 32.1. The second-order valence-electron chi connectivity index (χ2n) is 1.05. The van der Waals surface area contributed by atoms with Crippen LogP contribution in [0.3, 0.4) is 0 Å². The van der Waals surface area contributed by atoms with E-state index >= 15 is 0 Å². The van der Waals surface area contributed by atoms with Gasteiger partial charge in [0.05, 0.1) is 11.8 Å². The third-order valence-corrected chi connectivity index (χ3v) is 1.22. The van der Waals surface area contributed by atoms with Crippen LogP contribution in [0.15, 0.2) is 11.7 Å². The van der Waals surface area contributed by atoms with Crippen molar-refractivity contribution in [1.82, 2.24) is 4.98 Å². The second kappa shape index (κ2) is 1.87. The Balaban J connectivity index is 2.98. The molecule has 0 aliphatic rings. The van der Waals surface area contributed by atoms with Crippen molar-refractivity contribution in [2.24, 2.45) is 0 Å². The van der Waals surface area contributed by atoms with Gasteiger partial charge in [0.1, 0.15) is 6.20 Å². The Morgan fingerprint density at radius 1 is 2.12 bits per heavy atom. The van der Waals surface area contributed by atoms with E-state index in [4.69, 9.17) is 1.37 Å². The van der Waals surface area contributed by atoms with Crippen molar-refractivity contribution in [1.29, 1.82) is 0 Å². The molecule has 0 saturated carbocycles. The summed E-state index contributed by atoms with van der Waals surface area (Å²) in [5, 5.41) is 9.82. The van der Waals surface area contributed by atoms with Crippen LogP contribution in [0, 0.1) is 10.1 Å². The summed E-state index contributed by atoms with van der Waals surface area (Å²) in [4.78, 5) is 12.7. The maximum Gasteiger partial charge on any atom is 0.343 e. The van der Waals surface area contributed by atoms with Crippen LogP contribution in [0.25, 0.3) is 0 Å². The van der Waals surface area contributed by atoms with Gasteiger partial charge in [-0.15, -0.1) is 0 Å². The maximum absolute atomic E-state index is 9.91. The molecule has 0 aliphatic heterocycles. The third-order valence-electron chi connectivity index (χ3n) is 0.558. The van der Waals surface area contributed by atoms with Gasteiger partial charge in [-0.05, 0) is 11.3 Å². The zero-order chi connectivity index (χ0) is 6.85. The molecule has 4 nitrogen and oxygen atoms in total. The fourth-order valence-corrected chi connectivity index (χ4v) is 0.644. The minimum absolute atomic E-state index is 0.0262. The van der Waals surface area contributed by atoms with E-state index in [9.17, 15) is 10.1 Å². The first kappa shape index (κ1) is 3.96. The summed E-state index contributed by atoms with van der Waals surface area (Å²) in [6.45, 7) is 0. The van der Waals surface area contributed by atoms with E-state index in [1.54, 1.807) is 0 Å². The van der Waals surface area contributed by atoms with Gasteiger partial charge < -0.3 is 0 Å². The van der Waals surface area contributed by atoms with Crippen LogP contribution in [0.5, 0.6) is 0 Å². The first-order valence-corrected chi connectivity index (χ1v) is 2.58.